The number of aliphatic carboxylic acids is 1. The van der Waals surface area contributed by atoms with E-state index in [9.17, 15) is 29.1 Å². The van der Waals surface area contributed by atoms with Crippen molar-refractivity contribution >= 4 is 30.2 Å². The molecular weight excluding hydrogens is 799 g/mol. The number of carboxylic acids is 1. The first-order chi connectivity index (χ1) is 29.7. The lowest BCUT2D eigenvalue weighted by atomic mass is 10.0. The summed E-state index contributed by atoms with van der Waals surface area (Å²) in [5.41, 5.74) is 5.68. The number of aliphatic hydroxyl groups excluding tert-OH is 2. The molecular formula is C48H71NO13. The van der Waals surface area contributed by atoms with Gasteiger partial charge in [0.2, 0.25) is 0 Å². The van der Waals surface area contributed by atoms with E-state index < -0.39 is 18.2 Å². The third-order valence-corrected chi connectivity index (χ3v) is 9.29. The van der Waals surface area contributed by atoms with E-state index in [1.165, 1.54) is 0 Å². The number of hydroxylamine groups is 1. The minimum absolute atomic E-state index is 0.0386. The van der Waals surface area contributed by atoms with E-state index >= 15 is 0 Å². The summed E-state index contributed by atoms with van der Waals surface area (Å²) in [5.74, 6) is -1.64. The molecule has 0 radical (unpaired) electrons. The molecule has 0 bridgehead atoms. The molecule has 3 aromatic carbocycles. The third kappa shape index (κ3) is 30.1. The van der Waals surface area contributed by atoms with Gasteiger partial charge in [0, 0.05) is 7.11 Å². The Balaban J connectivity index is 0.000000846. The van der Waals surface area contributed by atoms with Gasteiger partial charge in [0.25, 0.3) is 0 Å². The number of carboxylic acid groups (broad SMARTS) is 1. The maximum atomic E-state index is 11.9. The quantitative estimate of drug-likeness (QED) is 0.0279. The van der Waals surface area contributed by atoms with Gasteiger partial charge in [-0.15, -0.1) is 0 Å². The molecule has 0 aliphatic rings. The number of carbonyl (C=O) groups excluding carboxylic acids is 4. The molecule has 0 aliphatic heterocycles. The molecule has 62 heavy (non-hydrogen) atoms. The number of benzene rings is 3. The number of ether oxygens (including phenoxy) is 4. The highest BCUT2D eigenvalue weighted by Crippen LogP contribution is 2.11. The van der Waals surface area contributed by atoms with E-state index in [2.05, 4.69) is 5.48 Å². The van der Waals surface area contributed by atoms with Crippen LogP contribution in [0, 0.1) is 5.92 Å². The van der Waals surface area contributed by atoms with E-state index in [4.69, 9.17) is 34.0 Å². The Labute approximate surface area is 368 Å². The van der Waals surface area contributed by atoms with Crippen LogP contribution in [0.4, 0.5) is 0 Å². The maximum absolute atomic E-state index is 11.9. The Morgan fingerprint density at radius 1 is 0.565 bits per heavy atom. The Kier molecular flexibility index (Phi) is 33.7. The minimum Gasteiger partial charge on any atom is -0.481 e. The molecule has 0 saturated heterocycles. The van der Waals surface area contributed by atoms with Crippen LogP contribution in [0.1, 0.15) is 116 Å². The topological polar surface area (TPSA) is 204 Å². The van der Waals surface area contributed by atoms with Gasteiger partial charge >= 0.3 is 23.9 Å². The molecule has 0 fully saturated rings. The molecule has 4 N–H and O–H groups in total. The fourth-order valence-corrected chi connectivity index (χ4v) is 4.82. The van der Waals surface area contributed by atoms with Crippen molar-refractivity contribution in [1.82, 2.24) is 5.48 Å². The molecule has 0 spiro atoms. The van der Waals surface area contributed by atoms with Crippen LogP contribution in [0.3, 0.4) is 0 Å². The van der Waals surface area contributed by atoms with Crippen LogP contribution in [-0.4, -0.2) is 83.1 Å². The molecule has 6 atom stereocenters. The lowest BCUT2D eigenvalue weighted by molar-refractivity contribution is -0.151. The molecule has 346 valence electrons. The second-order valence-corrected chi connectivity index (χ2v) is 14.4. The summed E-state index contributed by atoms with van der Waals surface area (Å²) in [5, 5.41) is 25.9. The predicted molar refractivity (Wildman–Crippen MR) is 236 cm³/mol. The minimum atomic E-state index is -0.945. The zero-order chi connectivity index (χ0) is 46.5. The van der Waals surface area contributed by atoms with E-state index in [0.29, 0.717) is 32.3 Å². The van der Waals surface area contributed by atoms with Crippen molar-refractivity contribution in [2.24, 2.45) is 5.92 Å². The summed E-state index contributed by atoms with van der Waals surface area (Å²) < 4.78 is 20.5. The Bertz CT molecular complexity index is 1590. The third-order valence-electron chi connectivity index (χ3n) is 9.29. The number of carbonyl (C=O) groups is 5. The highest BCUT2D eigenvalue weighted by atomic mass is 16.7. The Hall–Kier alpha value is -4.99. The molecule has 4 unspecified atom stereocenters. The van der Waals surface area contributed by atoms with Crippen molar-refractivity contribution in [3.8, 4) is 0 Å². The van der Waals surface area contributed by atoms with Crippen LogP contribution in [0.5, 0.6) is 0 Å². The number of methoxy groups -OCH3 is 1. The molecule has 0 heterocycles. The summed E-state index contributed by atoms with van der Waals surface area (Å²) in [7, 11) is 1.61. The van der Waals surface area contributed by atoms with E-state index in [0.717, 1.165) is 35.8 Å². The van der Waals surface area contributed by atoms with Crippen molar-refractivity contribution < 1.29 is 63.1 Å². The highest BCUT2D eigenvalue weighted by molar-refractivity contribution is 5.70. The van der Waals surface area contributed by atoms with Gasteiger partial charge < -0.3 is 39.1 Å². The summed E-state index contributed by atoms with van der Waals surface area (Å²) >= 11 is 0. The molecule has 3 rings (SSSR count). The second-order valence-electron chi connectivity index (χ2n) is 14.4. The SMILES string of the molecule is CCC(CC(=O)OCc1ccccc1)OC.CCC(CC(=O)OCc1ccccc1)ON[C@@H](C=O)[C@H](C)CC.CCC(O)CC(=O)O.CCC(O)CC(=O)OCc1ccccc1. The zero-order valence-electron chi connectivity index (χ0n) is 37.6. The molecule has 0 aliphatic carbocycles. The van der Waals surface area contributed by atoms with Crippen LogP contribution in [-0.2, 0) is 67.6 Å². The van der Waals surface area contributed by atoms with Gasteiger partial charge in [-0.05, 0) is 48.3 Å². The maximum Gasteiger partial charge on any atom is 0.308 e. The average molecular weight is 870 g/mol. The lowest BCUT2D eigenvalue weighted by Gasteiger charge is -2.22. The number of rotatable bonds is 25. The number of nitrogens with one attached hydrogen (secondary N) is 1. The first-order valence-corrected chi connectivity index (χ1v) is 21.3. The van der Waals surface area contributed by atoms with Gasteiger partial charge in [0.1, 0.15) is 26.1 Å². The predicted octanol–water partition coefficient (Wildman–Crippen LogP) is 7.70. The summed E-state index contributed by atoms with van der Waals surface area (Å²) in [6, 6.07) is 28.3. The highest BCUT2D eigenvalue weighted by Gasteiger charge is 2.19. The van der Waals surface area contributed by atoms with Crippen LogP contribution in [0.2, 0.25) is 0 Å². The largest absolute Gasteiger partial charge is 0.481 e. The van der Waals surface area contributed by atoms with Gasteiger partial charge in [-0.25, -0.2) is 0 Å². The fourth-order valence-electron chi connectivity index (χ4n) is 4.82. The summed E-state index contributed by atoms with van der Waals surface area (Å²) in [4.78, 5) is 60.9. The smallest absolute Gasteiger partial charge is 0.308 e. The van der Waals surface area contributed by atoms with Crippen molar-refractivity contribution in [2.75, 3.05) is 7.11 Å². The number of esters is 3. The summed E-state index contributed by atoms with van der Waals surface area (Å²) in [6.45, 7) is 12.3. The van der Waals surface area contributed by atoms with Gasteiger partial charge in [-0.3, -0.25) is 24.0 Å². The first-order valence-electron chi connectivity index (χ1n) is 21.3. The molecule has 14 heteroatoms. The molecule has 0 saturated carbocycles. The monoisotopic (exact) mass is 869 g/mol. The van der Waals surface area contributed by atoms with Crippen LogP contribution in [0.15, 0.2) is 91.0 Å². The van der Waals surface area contributed by atoms with E-state index in [1.54, 1.807) is 14.0 Å². The summed E-state index contributed by atoms with van der Waals surface area (Å²) in [6.07, 6.45) is 3.05. The molecule has 3 aromatic rings. The molecule has 14 nitrogen and oxygen atoms in total. The van der Waals surface area contributed by atoms with Crippen molar-refractivity contribution in [1.29, 1.82) is 0 Å². The van der Waals surface area contributed by atoms with Crippen LogP contribution < -0.4 is 5.48 Å². The standard InChI is InChI=1S/C18H27NO4.C13H18O3.C12H16O3.C5H10O3/c1-4-14(3)17(12-20)19-23-16(5-2)11-18(21)22-13-15-9-7-6-8-10-15;1-3-12(15-2)9-13(14)16-10-11-7-5-4-6-8-11;1-2-11(13)8-12(14)15-9-10-6-4-3-5-7-10;1-2-4(6)3-5(7)8/h6-10,12,14,16-17,19H,4-5,11,13H2,1-3H3;4-8,12H,3,9-10H2,1-2H3;3-7,11,13H,2,8-9H2,1H3;4,6H,2-3H2,1H3,(H,7,8)/t14-,16?,17+;;;/m1.../s1. The normalized spacial score (nSPS) is 13.2. The lowest BCUT2D eigenvalue weighted by Crippen LogP contribution is -2.39. The van der Waals surface area contributed by atoms with Crippen molar-refractivity contribution in [3.05, 3.63) is 108 Å². The number of aliphatic hydroxyl groups is 2. The van der Waals surface area contributed by atoms with Gasteiger partial charge in [0.05, 0.1) is 56.1 Å². The van der Waals surface area contributed by atoms with Crippen LogP contribution in [0.25, 0.3) is 0 Å². The van der Waals surface area contributed by atoms with Gasteiger partial charge in [-0.2, -0.15) is 5.48 Å². The average Bonchev–Trinajstić information content (AvgIpc) is 3.29. The van der Waals surface area contributed by atoms with Gasteiger partial charge in [-0.1, -0.05) is 139 Å². The van der Waals surface area contributed by atoms with Gasteiger partial charge in [0.15, 0.2) is 0 Å². The number of aldehydes is 1. The van der Waals surface area contributed by atoms with E-state index in [-0.39, 0.29) is 74.6 Å². The fraction of sp³-hybridized carbons (Fsp3) is 0.521. The molecule has 0 aromatic heterocycles. The number of hydrogen-bond donors (Lipinski definition) is 4. The second kappa shape index (κ2) is 36.6. The zero-order valence-corrected chi connectivity index (χ0v) is 37.6. The van der Waals surface area contributed by atoms with Crippen LogP contribution >= 0.6 is 0 Å². The molecule has 0 amide bonds. The van der Waals surface area contributed by atoms with Crippen molar-refractivity contribution in [3.63, 3.8) is 0 Å². The number of hydrogen-bond acceptors (Lipinski definition) is 13. The first kappa shape index (κ1) is 57.0. The van der Waals surface area contributed by atoms with Crippen molar-refractivity contribution in [2.45, 2.75) is 150 Å². The Morgan fingerprint density at radius 2 is 0.935 bits per heavy atom. The Morgan fingerprint density at radius 3 is 1.24 bits per heavy atom. The van der Waals surface area contributed by atoms with E-state index in [1.807, 2.05) is 126 Å².